The Morgan fingerprint density at radius 1 is 1.04 bits per heavy atom. The van der Waals surface area contributed by atoms with E-state index in [1.165, 1.54) is 6.42 Å². The van der Waals surface area contributed by atoms with E-state index in [0.29, 0.717) is 44.8 Å². The van der Waals surface area contributed by atoms with Gasteiger partial charge >= 0.3 is 0 Å². The quantitative estimate of drug-likeness (QED) is 0.706. The van der Waals surface area contributed by atoms with Gasteiger partial charge in [-0.05, 0) is 19.3 Å². The van der Waals surface area contributed by atoms with Gasteiger partial charge in [-0.3, -0.25) is 14.5 Å². The van der Waals surface area contributed by atoms with E-state index >= 15 is 0 Å². The maximum absolute atomic E-state index is 12.4. The minimum Gasteiger partial charge on any atom is -0.392 e. The highest BCUT2D eigenvalue weighted by atomic mass is 16.3. The SMILES string of the molecule is CC(=O)N1CCN(C(=O)CN[C@@H]2CCC[C@@H]2N2CCC(O)C2)CC1. The standard InChI is InChI=1S/C17H30N4O3/c1-13(22)19-7-9-20(10-8-19)17(24)11-18-15-3-2-4-16(15)21-6-5-14(23)12-21/h14-16,18,23H,2-12H2,1H3/t14?,15-,16+/m1/s1. The van der Waals surface area contributed by atoms with Gasteiger partial charge in [0.15, 0.2) is 0 Å². The average Bonchev–Trinajstić information content (AvgIpc) is 3.21. The van der Waals surface area contributed by atoms with Crippen LogP contribution in [0, 0.1) is 0 Å². The van der Waals surface area contributed by atoms with E-state index in [4.69, 9.17) is 0 Å². The first-order valence-corrected chi connectivity index (χ1v) is 9.23. The predicted molar refractivity (Wildman–Crippen MR) is 90.5 cm³/mol. The summed E-state index contributed by atoms with van der Waals surface area (Å²) in [5.41, 5.74) is 0. The number of piperazine rings is 1. The zero-order chi connectivity index (χ0) is 17.1. The van der Waals surface area contributed by atoms with E-state index in [9.17, 15) is 14.7 Å². The van der Waals surface area contributed by atoms with E-state index in [1.807, 2.05) is 4.90 Å². The fraction of sp³-hybridized carbons (Fsp3) is 0.882. The van der Waals surface area contributed by atoms with Crippen molar-refractivity contribution in [3.63, 3.8) is 0 Å². The zero-order valence-corrected chi connectivity index (χ0v) is 14.6. The molecule has 7 heteroatoms. The first-order chi connectivity index (χ1) is 11.5. The molecule has 2 aliphatic heterocycles. The van der Waals surface area contributed by atoms with Gasteiger partial charge in [0.2, 0.25) is 11.8 Å². The summed E-state index contributed by atoms with van der Waals surface area (Å²) in [5.74, 6) is 0.215. The Kier molecular flexibility index (Phi) is 5.73. The van der Waals surface area contributed by atoms with Crippen LogP contribution in [0.5, 0.6) is 0 Å². The molecule has 2 N–H and O–H groups in total. The predicted octanol–water partition coefficient (Wildman–Crippen LogP) is -0.746. The van der Waals surface area contributed by atoms with Crippen LogP contribution in [0.25, 0.3) is 0 Å². The lowest BCUT2D eigenvalue weighted by Crippen LogP contribution is -2.54. The summed E-state index contributed by atoms with van der Waals surface area (Å²) < 4.78 is 0. The number of amides is 2. The molecule has 3 rings (SSSR count). The number of nitrogens with one attached hydrogen (secondary N) is 1. The van der Waals surface area contributed by atoms with Crippen molar-refractivity contribution in [2.24, 2.45) is 0 Å². The lowest BCUT2D eigenvalue weighted by Gasteiger charge is -2.35. The van der Waals surface area contributed by atoms with Gasteiger partial charge in [0.1, 0.15) is 0 Å². The minimum atomic E-state index is -0.189. The molecular weight excluding hydrogens is 308 g/mol. The van der Waals surface area contributed by atoms with Gasteiger partial charge in [0.05, 0.1) is 12.6 Å². The van der Waals surface area contributed by atoms with E-state index < -0.39 is 0 Å². The number of rotatable bonds is 4. The molecule has 24 heavy (non-hydrogen) atoms. The lowest BCUT2D eigenvalue weighted by atomic mass is 10.1. The molecule has 2 amide bonds. The monoisotopic (exact) mass is 338 g/mol. The highest BCUT2D eigenvalue weighted by Crippen LogP contribution is 2.27. The highest BCUT2D eigenvalue weighted by molar-refractivity contribution is 5.79. The van der Waals surface area contributed by atoms with Crippen molar-refractivity contribution in [2.75, 3.05) is 45.8 Å². The third-order valence-electron chi connectivity index (χ3n) is 5.74. The van der Waals surface area contributed by atoms with Crippen LogP contribution in [0.2, 0.25) is 0 Å². The van der Waals surface area contributed by atoms with Crippen molar-refractivity contribution in [1.29, 1.82) is 0 Å². The van der Waals surface area contributed by atoms with Crippen molar-refractivity contribution in [1.82, 2.24) is 20.0 Å². The maximum Gasteiger partial charge on any atom is 0.236 e. The average molecular weight is 338 g/mol. The van der Waals surface area contributed by atoms with Gasteiger partial charge in [-0.2, -0.15) is 0 Å². The number of hydrogen-bond acceptors (Lipinski definition) is 5. The van der Waals surface area contributed by atoms with Gasteiger partial charge in [0.25, 0.3) is 0 Å². The van der Waals surface area contributed by atoms with Crippen LogP contribution < -0.4 is 5.32 Å². The van der Waals surface area contributed by atoms with Crippen molar-refractivity contribution < 1.29 is 14.7 Å². The lowest BCUT2D eigenvalue weighted by molar-refractivity contribution is -0.137. The zero-order valence-electron chi connectivity index (χ0n) is 14.6. The molecule has 1 unspecified atom stereocenters. The fourth-order valence-electron chi connectivity index (χ4n) is 4.29. The molecule has 2 heterocycles. The van der Waals surface area contributed by atoms with Crippen molar-refractivity contribution >= 4 is 11.8 Å². The maximum atomic E-state index is 12.4. The summed E-state index contributed by atoms with van der Waals surface area (Å²) in [6, 6.07) is 0.794. The Morgan fingerprint density at radius 3 is 2.38 bits per heavy atom. The molecule has 0 radical (unpaired) electrons. The highest BCUT2D eigenvalue weighted by Gasteiger charge is 2.35. The third kappa shape index (κ3) is 4.07. The second-order valence-corrected chi connectivity index (χ2v) is 7.31. The number of β-amino-alcohol motifs (C(OH)–C–C–N with tert-alkyl or cyclic N) is 1. The molecule has 1 saturated carbocycles. The van der Waals surface area contributed by atoms with Gasteiger partial charge in [-0.1, -0.05) is 6.42 Å². The molecular formula is C17H30N4O3. The molecule has 0 aromatic carbocycles. The number of carbonyl (C=O) groups excluding carboxylic acids is 2. The minimum absolute atomic E-state index is 0.0850. The molecule has 3 aliphatic rings. The molecule has 2 saturated heterocycles. The molecule has 1 aliphatic carbocycles. The van der Waals surface area contributed by atoms with Crippen LogP contribution >= 0.6 is 0 Å². The molecule has 0 bridgehead atoms. The molecule has 0 aromatic rings. The van der Waals surface area contributed by atoms with Gasteiger partial charge in [-0.25, -0.2) is 0 Å². The van der Waals surface area contributed by atoms with E-state index in [1.54, 1.807) is 11.8 Å². The smallest absolute Gasteiger partial charge is 0.236 e. The third-order valence-corrected chi connectivity index (χ3v) is 5.74. The Labute approximate surface area is 144 Å². The van der Waals surface area contributed by atoms with E-state index in [-0.39, 0.29) is 17.9 Å². The van der Waals surface area contributed by atoms with Gasteiger partial charge in [0, 0.05) is 58.3 Å². The Hall–Kier alpha value is -1.18. The van der Waals surface area contributed by atoms with Crippen molar-refractivity contribution in [2.45, 2.75) is 50.8 Å². The van der Waals surface area contributed by atoms with Crippen molar-refractivity contribution in [3.8, 4) is 0 Å². The van der Waals surface area contributed by atoms with Crippen LogP contribution in [-0.2, 0) is 9.59 Å². The molecule has 3 fully saturated rings. The first-order valence-electron chi connectivity index (χ1n) is 9.23. The molecule has 136 valence electrons. The normalized spacial score (nSPS) is 31.7. The van der Waals surface area contributed by atoms with Gasteiger partial charge < -0.3 is 20.2 Å². The number of aliphatic hydroxyl groups is 1. The summed E-state index contributed by atoms with van der Waals surface area (Å²) in [6.07, 6.45) is 4.10. The number of likely N-dealkylation sites (tertiary alicyclic amines) is 1. The molecule has 3 atom stereocenters. The second-order valence-electron chi connectivity index (χ2n) is 7.31. The number of nitrogens with zero attached hydrogens (tertiary/aromatic N) is 3. The van der Waals surface area contributed by atoms with E-state index in [0.717, 1.165) is 32.4 Å². The number of aliphatic hydroxyl groups excluding tert-OH is 1. The second kappa shape index (κ2) is 7.80. The van der Waals surface area contributed by atoms with Crippen LogP contribution in [0.1, 0.15) is 32.6 Å². The van der Waals surface area contributed by atoms with Crippen molar-refractivity contribution in [3.05, 3.63) is 0 Å². The summed E-state index contributed by atoms with van der Waals surface area (Å²) >= 11 is 0. The summed E-state index contributed by atoms with van der Waals surface area (Å²) in [4.78, 5) is 29.8. The Morgan fingerprint density at radius 2 is 1.75 bits per heavy atom. The topological polar surface area (TPSA) is 76.1 Å². The summed E-state index contributed by atoms with van der Waals surface area (Å²) in [5, 5.41) is 13.2. The molecule has 0 aromatic heterocycles. The largest absolute Gasteiger partial charge is 0.392 e. The Balaban J connectivity index is 1.43. The molecule has 0 spiro atoms. The van der Waals surface area contributed by atoms with Crippen LogP contribution in [0.4, 0.5) is 0 Å². The number of hydrogen-bond donors (Lipinski definition) is 2. The van der Waals surface area contributed by atoms with Gasteiger partial charge in [-0.15, -0.1) is 0 Å². The van der Waals surface area contributed by atoms with E-state index in [2.05, 4.69) is 10.2 Å². The number of carbonyl (C=O) groups is 2. The summed E-state index contributed by atoms with van der Waals surface area (Å²) in [6.45, 7) is 6.22. The van der Waals surface area contributed by atoms with Crippen LogP contribution in [-0.4, -0.2) is 95.6 Å². The Bertz CT molecular complexity index is 465. The first kappa shape index (κ1) is 17.6. The molecule has 7 nitrogen and oxygen atoms in total. The summed E-state index contributed by atoms with van der Waals surface area (Å²) in [7, 11) is 0. The fourth-order valence-corrected chi connectivity index (χ4v) is 4.29. The van der Waals surface area contributed by atoms with Crippen LogP contribution in [0.3, 0.4) is 0 Å². The van der Waals surface area contributed by atoms with Crippen LogP contribution in [0.15, 0.2) is 0 Å².